The van der Waals surface area contributed by atoms with Gasteiger partial charge in [-0.3, -0.25) is 19.2 Å². The van der Waals surface area contributed by atoms with Crippen LogP contribution in [0.1, 0.15) is 113 Å². The number of carbonyl (C=O) groups is 4. The predicted octanol–water partition coefficient (Wildman–Crippen LogP) is 9.32. The van der Waals surface area contributed by atoms with E-state index in [1.54, 1.807) is 0 Å². The van der Waals surface area contributed by atoms with Crippen LogP contribution < -0.4 is 20.1 Å². The zero-order chi connectivity index (χ0) is 47.6. The van der Waals surface area contributed by atoms with Crippen molar-refractivity contribution in [1.82, 2.24) is 40.4 Å². The number of imidazole rings is 2. The van der Waals surface area contributed by atoms with Crippen LogP contribution in [-0.2, 0) is 32.4 Å². The van der Waals surface area contributed by atoms with E-state index in [2.05, 4.69) is 45.9 Å². The van der Waals surface area contributed by atoms with Crippen molar-refractivity contribution < 1.29 is 30.1 Å². The minimum Gasteiger partial charge on any atom is -0.488 e. The smallest absolute Gasteiger partial charge is 0.250 e. The van der Waals surface area contributed by atoms with E-state index in [4.69, 9.17) is 19.4 Å². The maximum Gasteiger partial charge on any atom is 0.250 e. The van der Waals surface area contributed by atoms with Gasteiger partial charge in [-0.05, 0) is 61.1 Å². The molecule has 0 aliphatic carbocycles. The van der Waals surface area contributed by atoms with Crippen LogP contribution >= 0.6 is 0 Å². The summed E-state index contributed by atoms with van der Waals surface area (Å²) in [7, 11) is 0. The number of aromatic nitrogens is 4. The van der Waals surface area contributed by atoms with E-state index in [1.165, 1.54) is 0 Å². The minimum atomic E-state index is -0.798. The molecule has 2 aromatic heterocycles. The summed E-state index contributed by atoms with van der Waals surface area (Å²) in [5, 5.41) is 5.99. The van der Waals surface area contributed by atoms with Gasteiger partial charge in [-0.2, -0.15) is 0 Å². The number of likely N-dealkylation sites (tertiary alicyclic amines) is 2. The molecule has 0 radical (unpaired) electrons. The highest BCUT2D eigenvalue weighted by atomic mass is 16.5. The highest BCUT2D eigenvalue weighted by Gasteiger charge is 2.39. The third-order valence-electron chi connectivity index (χ3n) is 13.3. The Morgan fingerprint density at radius 2 is 1.03 bits per heavy atom. The summed E-state index contributed by atoms with van der Waals surface area (Å²) in [6.45, 7) is 15.1. The molecule has 4 aliphatic rings. The number of rotatable bonds is 12. The molecule has 4 atom stereocenters. The van der Waals surface area contributed by atoms with E-state index in [0.717, 1.165) is 93.1 Å². The number of hydrogen-bond donors (Lipinski definition) is 4. The van der Waals surface area contributed by atoms with Crippen molar-refractivity contribution in [3.8, 4) is 45.1 Å². The van der Waals surface area contributed by atoms with E-state index in [1.807, 2.05) is 123 Å². The van der Waals surface area contributed by atoms with Crippen LogP contribution in [0.3, 0.4) is 0 Å². The number of carbonyl (C=O) groups excluding carboxylic acids is 4. The first kappa shape index (κ1) is 45.7. The van der Waals surface area contributed by atoms with Crippen molar-refractivity contribution >= 4 is 23.6 Å². The summed E-state index contributed by atoms with van der Waals surface area (Å²) in [5.74, 6) is 1.73. The summed E-state index contributed by atoms with van der Waals surface area (Å²) in [4.78, 5) is 74.5. The Bertz CT molecular complexity index is 2600. The molecule has 352 valence electrons. The zero-order valence-electron chi connectivity index (χ0n) is 39.0. The molecule has 14 nitrogen and oxygen atoms in total. The highest BCUT2D eigenvalue weighted by molar-refractivity contribution is 5.91. The minimum absolute atomic E-state index is 0. The number of hydrogen-bond acceptors (Lipinski definition) is 8. The van der Waals surface area contributed by atoms with Crippen LogP contribution in [0.4, 0.5) is 0 Å². The van der Waals surface area contributed by atoms with Crippen LogP contribution in [0.2, 0.25) is 0 Å². The number of nitrogens with zero attached hydrogens (tertiary/aromatic N) is 4. The highest BCUT2D eigenvalue weighted by Crippen LogP contribution is 2.51. The normalized spacial score (nSPS) is 17.6. The molecule has 10 rings (SSSR count). The summed E-state index contributed by atoms with van der Waals surface area (Å²) in [5.41, 5.74) is 8.92. The summed E-state index contributed by atoms with van der Waals surface area (Å²) in [6, 6.07) is 25.0. The molecule has 4 aliphatic heterocycles. The molecule has 14 heteroatoms. The van der Waals surface area contributed by atoms with Crippen LogP contribution in [-0.4, -0.2) is 66.5 Å². The summed E-state index contributed by atoms with van der Waals surface area (Å²) in [6.07, 6.45) is 6.76. The fourth-order valence-corrected chi connectivity index (χ4v) is 9.74. The molecule has 0 unspecified atom stereocenters. The summed E-state index contributed by atoms with van der Waals surface area (Å²) < 4.78 is 13.0. The van der Waals surface area contributed by atoms with Crippen molar-refractivity contribution in [2.45, 2.75) is 90.8 Å². The largest absolute Gasteiger partial charge is 0.488 e. The number of aromatic amines is 2. The van der Waals surface area contributed by atoms with Crippen molar-refractivity contribution in [1.29, 1.82) is 0 Å². The Morgan fingerprint density at radius 1 is 0.632 bits per heavy atom. The van der Waals surface area contributed by atoms with Crippen LogP contribution in [0.25, 0.3) is 33.6 Å². The average Bonchev–Trinajstić information content (AvgIpc) is 4.22. The second kappa shape index (κ2) is 19.4. The average molecular weight is 917 g/mol. The molecule has 4 amide bonds. The number of nitrogens with one attached hydrogen (secondary N) is 4. The fourth-order valence-electron chi connectivity index (χ4n) is 9.74. The van der Waals surface area contributed by atoms with Gasteiger partial charge in [0.1, 0.15) is 48.4 Å². The SMILES string of the molecule is C=C.CC(C)C(=O)N[C@@H](C(=O)N1CCC[C@H]1c1ncc(-c2cc3c4c(c2)OCc2cc(-c5cnc([C@@H]6CCCN6C(=O)[C@H](NC(=O)C(C)C)c6ccccc6)[nH]5)cc(c2-4)OC3)[nH]1)c1ccccc1.[HH]. The molecule has 0 saturated carbocycles. The molecular weight excluding hydrogens is 857 g/mol. The lowest BCUT2D eigenvalue weighted by Crippen LogP contribution is -2.44. The molecule has 2 fully saturated rings. The van der Waals surface area contributed by atoms with E-state index in [9.17, 15) is 19.2 Å². The Morgan fingerprint density at radius 3 is 1.41 bits per heavy atom. The van der Waals surface area contributed by atoms with Crippen LogP contribution in [0.5, 0.6) is 11.5 Å². The van der Waals surface area contributed by atoms with Crippen LogP contribution in [0.15, 0.2) is 110 Å². The lowest BCUT2D eigenvalue weighted by molar-refractivity contribution is -0.138. The molecule has 0 bridgehead atoms. The quantitative estimate of drug-likeness (QED) is 0.0879. The summed E-state index contributed by atoms with van der Waals surface area (Å²) >= 11 is 0. The maximum absolute atomic E-state index is 14.2. The van der Waals surface area contributed by atoms with Gasteiger partial charge in [0.25, 0.3) is 0 Å². The topological polar surface area (TPSA) is 175 Å². The van der Waals surface area contributed by atoms with Crippen molar-refractivity contribution in [2.24, 2.45) is 11.8 Å². The third-order valence-corrected chi connectivity index (χ3v) is 13.3. The lowest BCUT2D eigenvalue weighted by atomic mass is 9.87. The van der Waals surface area contributed by atoms with Gasteiger partial charge >= 0.3 is 0 Å². The van der Waals surface area contributed by atoms with Crippen LogP contribution in [0, 0.1) is 11.8 Å². The first-order valence-corrected chi connectivity index (χ1v) is 23.5. The molecule has 6 aromatic rings. The van der Waals surface area contributed by atoms with E-state index >= 15 is 0 Å². The standard InChI is InChI=1S/C52H54N8O6.C2H4.H2/c1-29(2)49(61)57-45(31-13-7-5-8-14-31)51(63)59-19-11-17-39(59)47-53-25-37(55-47)33-21-35-27-66-42-24-34(22-36-28-65-41(23-33)43(35)44(36)42)38-26-54-48(56-38)40-18-12-20-60(40)52(64)46(58-50(62)30(3)4)32-15-9-6-10-16-32;1-2;/h5-10,13-16,21-26,29-30,39-40,45-46H,11-12,17-20,27-28H2,1-4H3,(H,53,55)(H,54,56)(H,57,61)(H,58,62);1-2H2;1H/t39-,40-,45+,46+;;/m0../s1. The Kier molecular flexibility index (Phi) is 13.0. The first-order valence-electron chi connectivity index (χ1n) is 23.5. The van der Waals surface area contributed by atoms with Gasteiger partial charge in [-0.1, -0.05) is 88.4 Å². The van der Waals surface area contributed by atoms with Gasteiger partial charge in [0.05, 0.1) is 35.9 Å². The molecule has 6 heterocycles. The van der Waals surface area contributed by atoms with E-state index in [0.29, 0.717) is 38.0 Å². The zero-order valence-corrected chi connectivity index (χ0v) is 39.0. The molecule has 4 N–H and O–H groups in total. The second-order valence-electron chi connectivity index (χ2n) is 18.4. The number of ether oxygens (including phenoxy) is 2. The monoisotopic (exact) mass is 916 g/mol. The maximum atomic E-state index is 14.2. The van der Waals surface area contributed by atoms with E-state index < -0.39 is 12.1 Å². The van der Waals surface area contributed by atoms with Gasteiger partial charge < -0.3 is 39.9 Å². The van der Waals surface area contributed by atoms with E-state index in [-0.39, 0.29) is 49.0 Å². The Labute approximate surface area is 398 Å². The molecule has 0 spiro atoms. The fraction of sp³-hybridized carbons (Fsp3) is 0.333. The number of benzene rings is 4. The van der Waals surface area contributed by atoms with Crippen molar-refractivity contribution in [3.05, 3.63) is 144 Å². The Balaban J connectivity index is 0.00000211. The molecule has 2 saturated heterocycles. The van der Waals surface area contributed by atoms with Crippen molar-refractivity contribution in [3.63, 3.8) is 0 Å². The van der Waals surface area contributed by atoms with Crippen molar-refractivity contribution in [2.75, 3.05) is 13.1 Å². The first-order chi connectivity index (χ1) is 33.0. The number of amides is 4. The van der Waals surface area contributed by atoms with Gasteiger partial charge in [0.15, 0.2) is 0 Å². The lowest BCUT2D eigenvalue weighted by Gasteiger charge is -2.30. The molecular formula is C54H60N8O6. The van der Waals surface area contributed by atoms with Gasteiger partial charge in [-0.25, -0.2) is 9.97 Å². The van der Waals surface area contributed by atoms with Gasteiger partial charge in [0.2, 0.25) is 23.6 Å². The number of H-pyrrole nitrogens is 2. The van der Waals surface area contributed by atoms with Gasteiger partial charge in [-0.15, -0.1) is 13.2 Å². The Hall–Kier alpha value is -7.48. The second-order valence-corrected chi connectivity index (χ2v) is 18.4. The van der Waals surface area contributed by atoms with Gasteiger partial charge in [0, 0.05) is 59.7 Å². The molecule has 68 heavy (non-hydrogen) atoms. The molecule has 4 aromatic carbocycles. The predicted molar refractivity (Wildman–Crippen MR) is 261 cm³/mol. The third kappa shape index (κ3) is 8.78.